The van der Waals surface area contributed by atoms with Gasteiger partial charge in [0.15, 0.2) is 0 Å². The van der Waals surface area contributed by atoms with Crippen LogP contribution in [0, 0.1) is 0 Å². The first-order chi connectivity index (χ1) is 16.5. The van der Waals surface area contributed by atoms with Crippen LogP contribution in [0.2, 0.25) is 0 Å². The molecule has 2 aromatic carbocycles. The highest BCUT2D eigenvalue weighted by Crippen LogP contribution is 2.28. The van der Waals surface area contributed by atoms with Crippen molar-refractivity contribution in [1.82, 2.24) is 14.5 Å². The fourth-order valence-electron chi connectivity index (χ4n) is 4.10. The van der Waals surface area contributed by atoms with Crippen molar-refractivity contribution in [3.8, 4) is 0 Å². The number of thiophene rings is 1. The quantitative estimate of drug-likeness (QED) is 0.317. The molecule has 0 aliphatic carbocycles. The lowest BCUT2D eigenvalue weighted by Gasteiger charge is -2.32. The predicted molar refractivity (Wildman–Crippen MR) is 141 cm³/mol. The average molecular weight is 539 g/mol. The molecule has 176 valence electrons. The van der Waals surface area contributed by atoms with Crippen LogP contribution < -0.4 is 11.3 Å². The molecule has 1 amide bonds. The third-order valence-electron chi connectivity index (χ3n) is 5.81. The Morgan fingerprint density at radius 3 is 2.56 bits per heavy atom. The lowest BCUT2D eigenvalue weighted by Crippen LogP contribution is -2.40. The van der Waals surface area contributed by atoms with Gasteiger partial charge in [-0.1, -0.05) is 53.2 Å². The van der Waals surface area contributed by atoms with Gasteiger partial charge in [-0.15, -0.1) is 11.3 Å². The van der Waals surface area contributed by atoms with Gasteiger partial charge in [-0.2, -0.15) is 0 Å². The Morgan fingerprint density at radius 1 is 1.15 bits per heavy atom. The first-order valence-electron chi connectivity index (χ1n) is 11.3. The molecule has 2 N–H and O–H groups in total. The van der Waals surface area contributed by atoms with Crippen LogP contribution in [0.15, 0.2) is 75.3 Å². The van der Waals surface area contributed by atoms with E-state index in [0.717, 1.165) is 10.0 Å². The standard InChI is InChI=1S/C26H27BrN4O2S/c1-2-22(30(15-6-14-28)25(32)19-9-11-20(27)12-10-19)23-29-24-21(13-16-34-24)26(33)31(23)17-18-7-4-3-5-8-18/h3-5,7-13,16,22H,2,6,14-15,17,28H2,1H3. The van der Waals surface area contributed by atoms with Crippen LogP contribution in [0.5, 0.6) is 0 Å². The van der Waals surface area contributed by atoms with E-state index in [9.17, 15) is 9.59 Å². The molecule has 1 unspecified atom stereocenters. The summed E-state index contributed by atoms with van der Waals surface area (Å²) >= 11 is 4.87. The summed E-state index contributed by atoms with van der Waals surface area (Å²) in [6, 6.07) is 18.6. The SMILES string of the molecule is CCC(c1nc2sccc2c(=O)n1Cc1ccccc1)N(CCCN)C(=O)c1ccc(Br)cc1. The molecular formula is C26H27BrN4O2S. The molecule has 2 heterocycles. The maximum Gasteiger partial charge on any atom is 0.262 e. The lowest BCUT2D eigenvalue weighted by atomic mass is 10.1. The van der Waals surface area contributed by atoms with Crippen molar-refractivity contribution in [3.63, 3.8) is 0 Å². The zero-order valence-corrected chi connectivity index (χ0v) is 21.4. The highest BCUT2D eigenvalue weighted by molar-refractivity contribution is 9.10. The van der Waals surface area contributed by atoms with Crippen molar-refractivity contribution >= 4 is 43.4 Å². The summed E-state index contributed by atoms with van der Waals surface area (Å²) in [6.07, 6.45) is 1.27. The number of carbonyl (C=O) groups is 1. The highest BCUT2D eigenvalue weighted by atomic mass is 79.9. The third kappa shape index (κ3) is 5.14. The molecule has 0 aliphatic rings. The zero-order valence-electron chi connectivity index (χ0n) is 19.0. The van der Waals surface area contributed by atoms with Crippen LogP contribution in [0.4, 0.5) is 0 Å². The van der Waals surface area contributed by atoms with Gasteiger partial charge in [0, 0.05) is 16.6 Å². The molecule has 34 heavy (non-hydrogen) atoms. The summed E-state index contributed by atoms with van der Waals surface area (Å²) in [5, 5.41) is 2.49. The maximum atomic E-state index is 13.7. The number of fused-ring (bicyclic) bond motifs is 1. The number of nitrogens with zero attached hydrogens (tertiary/aromatic N) is 3. The van der Waals surface area contributed by atoms with Crippen LogP contribution in [0.3, 0.4) is 0 Å². The second-order valence-corrected chi connectivity index (χ2v) is 9.87. The van der Waals surface area contributed by atoms with Crippen LogP contribution in [-0.4, -0.2) is 33.4 Å². The Balaban J connectivity index is 1.84. The molecule has 0 fully saturated rings. The van der Waals surface area contributed by atoms with E-state index in [1.54, 1.807) is 4.57 Å². The van der Waals surface area contributed by atoms with E-state index in [0.29, 0.717) is 54.1 Å². The third-order valence-corrected chi connectivity index (χ3v) is 7.15. The van der Waals surface area contributed by atoms with Crippen LogP contribution in [-0.2, 0) is 6.54 Å². The van der Waals surface area contributed by atoms with Crippen molar-refractivity contribution in [3.05, 3.63) is 97.8 Å². The molecule has 0 radical (unpaired) electrons. The number of rotatable bonds is 9. The first-order valence-corrected chi connectivity index (χ1v) is 13.0. The minimum Gasteiger partial charge on any atom is -0.330 e. The van der Waals surface area contributed by atoms with E-state index in [2.05, 4.69) is 15.9 Å². The highest BCUT2D eigenvalue weighted by Gasteiger charge is 2.29. The summed E-state index contributed by atoms with van der Waals surface area (Å²) in [4.78, 5) is 34.7. The molecule has 0 saturated carbocycles. The number of aromatic nitrogens is 2. The monoisotopic (exact) mass is 538 g/mol. The predicted octanol–water partition coefficient (Wildman–Crippen LogP) is 5.21. The van der Waals surface area contributed by atoms with Crippen molar-refractivity contribution in [1.29, 1.82) is 0 Å². The van der Waals surface area contributed by atoms with Crippen molar-refractivity contribution < 1.29 is 4.79 Å². The van der Waals surface area contributed by atoms with Gasteiger partial charge in [-0.3, -0.25) is 14.2 Å². The van der Waals surface area contributed by atoms with Gasteiger partial charge in [0.25, 0.3) is 11.5 Å². The molecule has 0 bridgehead atoms. The fourth-order valence-corrected chi connectivity index (χ4v) is 5.12. The zero-order chi connectivity index (χ0) is 24.1. The summed E-state index contributed by atoms with van der Waals surface area (Å²) in [5.74, 6) is 0.508. The van der Waals surface area contributed by atoms with E-state index >= 15 is 0 Å². The Labute approximate surface area is 211 Å². The Hall–Kier alpha value is -2.81. The van der Waals surface area contributed by atoms with E-state index in [-0.39, 0.29) is 17.5 Å². The minimum atomic E-state index is -0.370. The Kier molecular flexibility index (Phi) is 7.92. The van der Waals surface area contributed by atoms with Crippen LogP contribution in [0.1, 0.15) is 47.6 Å². The number of hydrogen-bond donors (Lipinski definition) is 1. The number of hydrogen-bond acceptors (Lipinski definition) is 5. The summed E-state index contributed by atoms with van der Waals surface area (Å²) in [6.45, 7) is 3.36. The second kappa shape index (κ2) is 11.1. The Bertz CT molecular complexity index is 1320. The van der Waals surface area contributed by atoms with Gasteiger partial charge >= 0.3 is 0 Å². The molecule has 4 rings (SSSR count). The van der Waals surface area contributed by atoms with E-state index in [1.165, 1.54) is 11.3 Å². The number of benzene rings is 2. The number of halogens is 1. The molecule has 1 atom stereocenters. The van der Waals surface area contributed by atoms with E-state index in [1.807, 2.05) is 77.9 Å². The van der Waals surface area contributed by atoms with Gasteiger partial charge in [0.2, 0.25) is 0 Å². The van der Waals surface area contributed by atoms with Crippen LogP contribution >= 0.6 is 27.3 Å². The van der Waals surface area contributed by atoms with Crippen molar-refractivity contribution in [2.24, 2.45) is 5.73 Å². The molecule has 8 heteroatoms. The molecule has 0 aliphatic heterocycles. The fraction of sp³-hybridized carbons (Fsp3) is 0.269. The second-order valence-electron chi connectivity index (χ2n) is 8.06. The van der Waals surface area contributed by atoms with Crippen molar-refractivity contribution in [2.75, 3.05) is 13.1 Å². The molecular weight excluding hydrogens is 512 g/mol. The first kappa shape index (κ1) is 24.3. The number of amides is 1. The van der Waals surface area contributed by atoms with Gasteiger partial charge < -0.3 is 10.6 Å². The van der Waals surface area contributed by atoms with Crippen LogP contribution in [0.25, 0.3) is 10.2 Å². The number of carbonyl (C=O) groups excluding carboxylic acids is 1. The minimum absolute atomic E-state index is 0.0848. The van der Waals surface area contributed by atoms with Crippen molar-refractivity contribution in [2.45, 2.75) is 32.4 Å². The normalized spacial score (nSPS) is 12.1. The maximum absolute atomic E-state index is 13.7. The largest absolute Gasteiger partial charge is 0.330 e. The van der Waals surface area contributed by atoms with Gasteiger partial charge in [-0.25, -0.2) is 4.98 Å². The summed E-state index contributed by atoms with van der Waals surface area (Å²) in [7, 11) is 0. The summed E-state index contributed by atoms with van der Waals surface area (Å²) < 4.78 is 2.63. The van der Waals surface area contributed by atoms with Gasteiger partial charge in [-0.05, 0) is 60.7 Å². The van der Waals surface area contributed by atoms with E-state index < -0.39 is 0 Å². The summed E-state index contributed by atoms with van der Waals surface area (Å²) in [5.41, 5.74) is 7.33. The van der Waals surface area contributed by atoms with E-state index in [4.69, 9.17) is 10.7 Å². The topological polar surface area (TPSA) is 81.2 Å². The average Bonchev–Trinajstić information content (AvgIpc) is 3.33. The number of nitrogens with two attached hydrogens (primary N) is 1. The lowest BCUT2D eigenvalue weighted by molar-refractivity contribution is 0.0656. The molecule has 0 saturated heterocycles. The van der Waals surface area contributed by atoms with Gasteiger partial charge in [0.1, 0.15) is 10.7 Å². The molecule has 6 nitrogen and oxygen atoms in total. The molecule has 2 aromatic heterocycles. The smallest absolute Gasteiger partial charge is 0.262 e. The van der Waals surface area contributed by atoms with Gasteiger partial charge in [0.05, 0.1) is 18.0 Å². The Morgan fingerprint density at radius 2 is 1.88 bits per heavy atom. The molecule has 4 aromatic rings. The molecule has 0 spiro atoms.